The number of alkyl halides is 1. The first-order chi connectivity index (χ1) is 9.60. The molecule has 4 heteroatoms. The molecule has 0 aliphatic carbocycles. The van der Waals surface area contributed by atoms with Crippen molar-refractivity contribution in [1.29, 1.82) is 0 Å². The Balaban J connectivity index is 2.28. The largest absolute Gasteiger partial charge is 0.307 e. The van der Waals surface area contributed by atoms with Gasteiger partial charge in [-0.2, -0.15) is 0 Å². The number of hydrogen-bond donors (Lipinski definition) is 0. The number of nitrogens with zero attached hydrogens (tertiary/aromatic N) is 1. The molecule has 104 valence electrons. The van der Waals surface area contributed by atoms with Crippen molar-refractivity contribution in [2.45, 2.75) is 13.5 Å². The van der Waals surface area contributed by atoms with Crippen LogP contribution in [0.25, 0.3) is 0 Å². The summed E-state index contributed by atoms with van der Waals surface area (Å²) in [6, 6.07) is 13.8. The maximum absolute atomic E-state index is 13.3. The van der Waals surface area contributed by atoms with E-state index in [2.05, 4.69) is 0 Å². The predicted molar refractivity (Wildman–Crippen MR) is 79.5 cm³/mol. The lowest BCUT2D eigenvalue weighted by atomic mass is 10.1. The molecule has 0 spiro atoms. The molecule has 2 aromatic rings. The zero-order valence-corrected chi connectivity index (χ0v) is 11.9. The van der Waals surface area contributed by atoms with Gasteiger partial charge in [0.25, 0.3) is 0 Å². The normalized spacial score (nSPS) is 10.3. The van der Waals surface area contributed by atoms with Crippen LogP contribution in [-0.2, 0) is 11.3 Å². The van der Waals surface area contributed by atoms with Crippen molar-refractivity contribution in [2.24, 2.45) is 0 Å². The molecule has 2 aromatic carbocycles. The molecular weight excluding hydrogens is 277 g/mol. The van der Waals surface area contributed by atoms with E-state index in [1.807, 2.05) is 31.2 Å². The Hall–Kier alpha value is -1.87. The molecule has 2 nitrogen and oxygen atoms in total. The summed E-state index contributed by atoms with van der Waals surface area (Å²) >= 11 is 5.64. The molecule has 0 aliphatic rings. The quantitative estimate of drug-likeness (QED) is 0.782. The molecular formula is C16H15ClFNO. The Morgan fingerprint density at radius 3 is 2.50 bits per heavy atom. The minimum absolute atomic E-state index is 0.137. The second kappa shape index (κ2) is 6.53. The summed E-state index contributed by atoms with van der Waals surface area (Å²) in [4.78, 5) is 13.5. The van der Waals surface area contributed by atoms with Gasteiger partial charge in [-0.3, -0.25) is 4.79 Å². The summed E-state index contributed by atoms with van der Waals surface area (Å²) in [5.74, 6) is -0.765. The third-order valence-corrected chi connectivity index (χ3v) is 3.23. The highest BCUT2D eigenvalue weighted by atomic mass is 35.5. The summed E-state index contributed by atoms with van der Waals surface area (Å²) in [6.45, 7) is 2.37. The highest BCUT2D eigenvalue weighted by molar-refractivity contribution is 6.29. The van der Waals surface area contributed by atoms with Crippen LogP contribution in [0.4, 0.5) is 10.1 Å². The molecule has 0 unspecified atom stereocenters. The van der Waals surface area contributed by atoms with Crippen LogP contribution in [0.3, 0.4) is 0 Å². The van der Waals surface area contributed by atoms with Crippen molar-refractivity contribution in [3.8, 4) is 0 Å². The summed E-state index contributed by atoms with van der Waals surface area (Å²) in [5.41, 5.74) is 2.63. The molecule has 1 amide bonds. The van der Waals surface area contributed by atoms with Gasteiger partial charge in [-0.25, -0.2) is 4.39 Å². The Morgan fingerprint density at radius 2 is 1.90 bits per heavy atom. The molecule has 0 bridgehead atoms. The van der Waals surface area contributed by atoms with Gasteiger partial charge in [0.05, 0.1) is 6.54 Å². The van der Waals surface area contributed by atoms with Gasteiger partial charge < -0.3 is 4.90 Å². The standard InChI is InChI=1S/C16H15ClFNO/c1-12-5-7-13(8-6-12)11-19(16(20)10-17)15-4-2-3-14(18)9-15/h2-9H,10-11H2,1H3. The number of aryl methyl sites for hydroxylation is 1. The highest BCUT2D eigenvalue weighted by Crippen LogP contribution is 2.19. The molecule has 0 atom stereocenters. The van der Waals surface area contributed by atoms with E-state index in [9.17, 15) is 9.18 Å². The van der Waals surface area contributed by atoms with E-state index in [-0.39, 0.29) is 17.6 Å². The van der Waals surface area contributed by atoms with Crippen molar-refractivity contribution >= 4 is 23.2 Å². The van der Waals surface area contributed by atoms with Crippen LogP contribution in [0.2, 0.25) is 0 Å². The summed E-state index contributed by atoms with van der Waals surface area (Å²) in [5, 5.41) is 0. The van der Waals surface area contributed by atoms with E-state index in [4.69, 9.17) is 11.6 Å². The van der Waals surface area contributed by atoms with Gasteiger partial charge in [-0.15, -0.1) is 11.6 Å². The summed E-state index contributed by atoms with van der Waals surface area (Å²) < 4.78 is 13.3. The lowest BCUT2D eigenvalue weighted by molar-refractivity contribution is -0.116. The second-order valence-corrected chi connectivity index (χ2v) is 4.85. The first-order valence-electron chi connectivity index (χ1n) is 6.27. The van der Waals surface area contributed by atoms with Gasteiger partial charge in [0.15, 0.2) is 0 Å². The van der Waals surface area contributed by atoms with Crippen molar-refractivity contribution in [3.05, 3.63) is 65.5 Å². The number of carbonyl (C=O) groups excluding carboxylic acids is 1. The minimum Gasteiger partial charge on any atom is -0.307 e. The van der Waals surface area contributed by atoms with Gasteiger partial charge in [-0.1, -0.05) is 35.9 Å². The van der Waals surface area contributed by atoms with Crippen molar-refractivity contribution in [2.75, 3.05) is 10.8 Å². The molecule has 0 aliphatic heterocycles. The fourth-order valence-electron chi connectivity index (χ4n) is 1.92. The number of benzene rings is 2. The van der Waals surface area contributed by atoms with Gasteiger partial charge in [0.2, 0.25) is 5.91 Å². The molecule has 0 saturated heterocycles. The van der Waals surface area contributed by atoms with Gasteiger partial charge in [0, 0.05) is 5.69 Å². The van der Waals surface area contributed by atoms with E-state index < -0.39 is 0 Å². The molecule has 0 saturated carbocycles. The SMILES string of the molecule is Cc1ccc(CN(C(=O)CCl)c2cccc(F)c2)cc1. The molecule has 0 heterocycles. The smallest absolute Gasteiger partial charge is 0.242 e. The lowest BCUT2D eigenvalue weighted by Gasteiger charge is -2.22. The van der Waals surface area contributed by atoms with Crippen LogP contribution in [0.1, 0.15) is 11.1 Å². The average Bonchev–Trinajstić information content (AvgIpc) is 2.46. The second-order valence-electron chi connectivity index (χ2n) is 4.58. The van der Waals surface area contributed by atoms with Crippen LogP contribution in [0, 0.1) is 12.7 Å². The average molecular weight is 292 g/mol. The zero-order valence-electron chi connectivity index (χ0n) is 11.1. The van der Waals surface area contributed by atoms with E-state index in [1.54, 1.807) is 12.1 Å². The minimum atomic E-state index is -0.376. The van der Waals surface area contributed by atoms with E-state index in [0.29, 0.717) is 12.2 Å². The Kier molecular flexibility index (Phi) is 4.74. The molecule has 2 rings (SSSR count). The maximum atomic E-state index is 13.3. The Bertz CT molecular complexity index is 598. The maximum Gasteiger partial charge on any atom is 0.242 e. The van der Waals surface area contributed by atoms with E-state index >= 15 is 0 Å². The first kappa shape index (κ1) is 14.5. The highest BCUT2D eigenvalue weighted by Gasteiger charge is 2.15. The molecule has 0 aromatic heterocycles. The third-order valence-electron chi connectivity index (χ3n) is 3.00. The third kappa shape index (κ3) is 3.58. The van der Waals surface area contributed by atoms with Crippen LogP contribution >= 0.6 is 11.6 Å². The molecule has 0 N–H and O–H groups in total. The number of hydrogen-bond acceptors (Lipinski definition) is 1. The summed E-state index contributed by atoms with van der Waals surface area (Å²) in [6.07, 6.45) is 0. The molecule has 20 heavy (non-hydrogen) atoms. The first-order valence-corrected chi connectivity index (χ1v) is 6.81. The fourth-order valence-corrected chi connectivity index (χ4v) is 2.06. The van der Waals surface area contributed by atoms with Crippen LogP contribution < -0.4 is 4.90 Å². The number of anilines is 1. The van der Waals surface area contributed by atoms with Crippen molar-refractivity contribution in [1.82, 2.24) is 0 Å². The molecule has 0 radical (unpaired) electrons. The van der Waals surface area contributed by atoms with Crippen molar-refractivity contribution in [3.63, 3.8) is 0 Å². The van der Waals surface area contributed by atoms with E-state index in [1.165, 1.54) is 17.0 Å². The van der Waals surface area contributed by atoms with Gasteiger partial charge >= 0.3 is 0 Å². The van der Waals surface area contributed by atoms with Crippen LogP contribution in [0.5, 0.6) is 0 Å². The summed E-state index contributed by atoms with van der Waals surface area (Å²) in [7, 11) is 0. The number of halogens is 2. The zero-order chi connectivity index (χ0) is 14.5. The number of amides is 1. The molecule has 0 fully saturated rings. The Labute approximate surface area is 122 Å². The van der Waals surface area contributed by atoms with Crippen LogP contribution in [-0.4, -0.2) is 11.8 Å². The van der Waals surface area contributed by atoms with Gasteiger partial charge in [-0.05, 0) is 30.7 Å². The van der Waals surface area contributed by atoms with Crippen LogP contribution in [0.15, 0.2) is 48.5 Å². The predicted octanol–water partition coefficient (Wildman–Crippen LogP) is 3.91. The lowest BCUT2D eigenvalue weighted by Crippen LogP contribution is -2.31. The van der Waals surface area contributed by atoms with Gasteiger partial charge in [0.1, 0.15) is 11.7 Å². The number of rotatable bonds is 4. The van der Waals surface area contributed by atoms with E-state index in [0.717, 1.165) is 11.1 Å². The Morgan fingerprint density at radius 1 is 1.20 bits per heavy atom. The van der Waals surface area contributed by atoms with Crippen molar-refractivity contribution < 1.29 is 9.18 Å². The topological polar surface area (TPSA) is 20.3 Å². The fraction of sp³-hybridized carbons (Fsp3) is 0.188. The number of carbonyl (C=O) groups is 1. The monoisotopic (exact) mass is 291 g/mol.